The molecule has 1 heterocycles. The molecule has 1 rings (SSSR count). The molecule has 0 radical (unpaired) electrons. The molecule has 3 heteroatoms. The van der Waals surface area contributed by atoms with Crippen LogP contribution in [0.1, 0.15) is 44.4 Å². The normalized spacial score (nSPS) is 11.3. The summed E-state index contributed by atoms with van der Waals surface area (Å²) < 4.78 is 5.64. The highest BCUT2D eigenvalue weighted by atomic mass is 32.1. The van der Waals surface area contributed by atoms with E-state index in [9.17, 15) is 0 Å². The summed E-state index contributed by atoms with van der Waals surface area (Å²) in [5.41, 5.74) is 0. The van der Waals surface area contributed by atoms with E-state index in [0.717, 1.165) is 26.2 Å². The second kappa shape index (κ2) is 10.5. The lowest BCUT2D eigenvalue weighted by atomic mass is 10.2. The molecule has 0 amide bonds. The Hall–Kier alpha value is -0.380. The molecule has 0 aliphatic heterocycles. The van der Waals surface area contributed by atoms with Crippen LogP contribution in [0.15, 0.2) is 17.5 Å². The molecular weight excluding hydrogens is 242 g/mol. The highest BCUT2D eigenvalue weighted by Gasteiger charge is 1.95. The van der Waals surface area contributed by atoms with Crippen LogP contribution in [-0.2, 0) is 11.2 Å². The predicted octanol–water partition coefficient (Wildman–Crippen LogP) is 3.87. The highest BCUT2D eigenvalue weighted by Crippen LogP contribution is 2.09. The van der Waals surface area contributed by atoms with Crippen LogP contribution >= 0.6 is 11.3 Å². The van der Waals surface area contributed by atoms with Crippen molar-refractivity contribution in [2.75, 3.05) is 19.8 Å². The largest absolute Gasteiger partial charge is 0.381 e. The first-order chi connectivity index (χ1) is 8.79. The molecule has 1 N–H and O–H groups in total. The summed E-state index contributed by atoms with van der Waals surface area (Å²) >= 11 is 1.82. The first kappa shape index (κ1) is 15.7. The lowest BCUT2D eigenvalue weighted by Crippen LogP contribution is -2.23. The molecule has 0 aromatic carbocycles. The Morgan fingerprint density at radius 3 is 2.72 bits per heavy atom. The van der Waals surface area contributed by atoms with Crippen molar-refractivity contribution in [2.45, 2.75) is 52.0 Å². The van der Waals surface area contributed by atoms with E-state index in [0.29, 0.717) is 6.04 Å². The number of unbranched alkanes of at least 4 members (excludes halogenated alkanes) is 3. The summed E-state index contributed by atoms with van der Waals surface area (Å²) in [6.07, 6.45) is 6.16. The number of rotatable bonds is 11. The molecule has 18 heavy (non-hydrogen) atoms. The van der Waals surface area contributed by atoms with Gasteiger partial charge in [-0.15, -0.1) is 11.3 Å². The molecule has 2 nitrogen and oxygen atoms in total. The first-order valence-corrected chi connectivity index (χ1v) is 8.00. The van der Waals surface area contributed by atoms with Gasteiger partial charge in [-0.05, 0) is 30.8 Å². The van der Waals surface area contributed by atoms with Gasteiger partial charge in [-0.1, -0.05) is 32.8 Å². The Morgan fingerprint density at radius 1 is 1.17 bits per heavy atom. The van der Waals surface area contributed by atoms with Crippen LogP contribution in [0.3, 0.4) is 0 Å². The maximum Gasteiger partial charge on any atom is 0.0514 e. The zero-order chi connectivity index (χ0) is 13.1. The van der Waals surface area contributed by atoms with Crippen LogP contribution in [0.2, 0.25) is 0 Å². The summed E-state index contributed by atoms with van der Waals surface area (Å²) in [4.78, 5) is 1.43. The lowest BCUT2D eigenvalue weighted by molar-refractivity contribution is 0.133. The van der Waals surface area contributed by atoms with E-state index >= 15 is 0 Å². The third-order valence-corrected chi connectivity index (χ3v) is 3.78. The topological polar surface area (TPSA) is 21.3 Å². The summed E-state index contributed by atoms with van der Waals surface area (Å²) in [5.74, 6) is 0. The van der Waals surface area contributed by atoms with Crippen LogP contribution in [0.5, 0.6) is 0 Å². The molecular formula is C15H27NOS. The SMILES string of the molecule is CC(C)NCCCCCCOCCc1cccs1. The van der Waals surface area contributed by atoms with Gasteiger partial charge in [0, 0.05) is 23.9 Å². The van der Waals surface area contributed by atoms with Crippen molar-refractivity contribution in [1.29, 1.82) is 0 Å². The van der Waals surface area contributed by atoms with Gasteiger partial charge >= 0.3 is 0 Å². The van der Waals surface area contributed by atoms with E-state index in [4.69, 9.17) is 4.74 Å². The molecule has 0 atom stereocenters. The summed E-state index contributed by atoms with van der Waals surface area (Å²) in [6.45, 7) is 7.33. The maximum atomic E-state index is 5.64. The second-order valence-corrected chi connectivity index (χ2v) is 6.00. The quantitative estimate of drug-likeness (QED) is 0.616. The van der Waals surface area contributed by atoms with Gasteiger partial charge in [0.2, 0.25) is 0 Å². The second-order valence-electron chi connectivity index (χ2n) is 4.96. The van der Waals surface area contributed by atoms with Crippen molar-refractivity contribution in [3.8, 4) is 0 Å². The summed E-state index contributed by atoms with van der Waals surface area (Å²) in [6, 6.07) is 4.89. The standard InChI is InChI=1S/C15H27NOS/c1-14(2)16-10-5-3-4-6-11-17-12-9-15-8-7-13-18-15/h7-8,13-14,16H,3-6,9-12H2,1-2H3. The molecule has 0 aliphatic carbocycles. The Bertz CT molecular complexity index is 272. The van der Waals surface area contributed by atoms with Crippen molar-refractivity contribution in [3.05, 3.63) is 22.4 Å². The molecule has 0 saturated heterocycles. The molecule has 0 aliphatic rings. The molecule has 0 saturated carbocycles. The molecule has 104 valence electrons. The van der Waals surface area contributed by atoms with Crippen LogP contribution in [0.4, 0.5) is 0 Å². The minimum absolute atomic E-state index is 0.616. The number of thiophene rings is 1. The van der Waals surface area contributed by atoms with Gasteiger partial charge < -0.3 is 10.1 Å². The maximum absolute atomic E-state index is 5.64. The number of hydrogen-bond acceptors (Lipinski definition) is 3. The highest BCUT2D eigenvalue weighted by molar-refractivity contribution is 7.09. The van der Waals surface area contributed by atoms with Gasteiger partial charge in [0.15, 0.2) is 0 Å². The van der Waals surface area contributed by atoms with Crippen molar-refractivity contribution >= 4 is 11.3 Å². The van der Waals surface area contributed by atoms with E-state index in [2.05, 4.69) is 36.7 Å². The fourth-order valence-corrected chi connectivity index (χ4v) is 2.49. The van der Waals surface area contributed by atoms with E-state index in [1.807, 2.05) is 11.3 Å². The zero-order valence-electron chi connectivity index (χ0n) is 11.8. The van der Waals surface area contributed by atoms with Gasteiger partial charge in [-0.3, -0.25) is 0 Å². The van der Waals surface area contributed by atoms with Gasteiger partial charge in [0.1, 0.15) is 0 Å². The predicted molar refractivity (Wildman–Crippen MR) is 80.4 cm³/mol. The van der Waals surface area contributed by atoms with Crippen LogP contribution in [-0.4, -0.2) is 25.8 Å². The van der Waals surface area contributed by atoms with Crippen molar-refractivity contribution in [2.24, 2.45) is 0 Å². The van der Waals surface area contributed by atoms with Crippen LogP contribution in [0.25, 0.3) is 0 Å². The minimum atomic E-state index is 0.616. The molecule has 1 aromatic heterocycles. The van der Waals surface area contributed by atoms with Crippen molar-refractivity contribution in [1.82, 2.24) is 5.32 Å². The minimum Gasteiger partial charge on any atom is -0.381 e. The Morgan fingerprint density at radius 2 is 2.00 bits per heavy atom. The zero-order valence-corrected chi connectivity index (χ0v) is 12.6. The average molecular weight is 269 g/mol. The number of hydrogen-bond donors (Lipinski definition) is 1. The Kier molecular flexibility index (Phi) is 9.17. The van der Waals surface area contributed by atoms with E-state index in [1.165, 1.54) is 30.6 Å². The summed E-state index contributed by atoms with van der Waals surface area (Å²) in [5, 5.41) is 5.57. The van der Waals surface area contributed by atoms with Crippen molar-refractivity contribution in [3.63, 3.8) is 0 Å². The van der Waals surface area contributed by atoms with Crippen molar-refractivity contribution < 1.29 is 4.74 Å². The Labute approximate surface area is 116 Å². The van der Waals surface area contributed by atoms with E-state index in [-0.39, 0.29) is 0 Å². The van der Waals surface area contributed by atoms with E-state index < -0.39 is 0 Å². The smallest absolute Gasteiger partial charge is 0.0514 e. The molecule has 1 aromatic rings. The molecule has 0 fully saturated rings. The van der Waals surface area contributed by atoms with E-state index in [1.54, 1.807) is 0 Å². The third-order valence-electron chi connectivity index (χ3n) is 2.84. The first-order valence-electron chi connectivity index (χ1n) is 7.12. The van der Waals surface area contributed by atoms with Crippen LogP contribution in [0, 0.1) is 0 Å². The van der Waals surface area contributed by atoms with Gasteiger partial charge in [0.25, 0.3) is 0 Å². The van der Waals surface area contributed by atoms with Gasteiger partial charge in [0.05, 0.1) is 6.61 Å². The fourth-order valence-electron chi connectivity index (χ4n) is 1.80. The Balaban J connectivity index is 1.76. The molecule has 0 bridgehead atoms. The molecule has 0 spiro atoms. The fraction of sp³-hybridized carbons (Fsp3) is 0.733. The number of ether oxygens (including phenoxy) is 1. The third kappa shape index (κ3) is 8.67. The van der Waals surface area contributed by atoms with Gasteiger partial charge in [-0.2, -0.15) is 0 Å². The van der Waals surface area contributed by atoms with Crippen LogP contribution < -0.4 is 5.32 Å². The monoisotopic (exact) mass is 269 g/mol. The number of nitrogens with one attached hydrogen (secondary N) is 1. The summed E-state index contributed by atoms with van der Waals surface area (Å²) in [7, 11) is 0. The lowest BCUT2D eigenvalue weighted by Gasteiger charge is -2.07. The van der Waals surface area contributed by atoms with Gasteiger partial charge in [-0.25, -0.2) is 0 Å². The average Bonchev–Trinajstić information content (AvgIpc) is 2.84. The molecule has 0 unspecified atom stereocenters.